The van der Waals surface area contributed by atoms with E-state index in [1.54, 1.807) is 7.11 Å². The zero-order chi connectivity index (χ0) is 17.6. The minimum absolute atomic E-state index is 0.817. The molecule has 0 spiro atoms. The van der Waals surface area contributed by atoms with E-state index in [0.717, 1.165) is 43.3 Å². The van der Waals surface area contributed by atoms with Crippen LogP contribution in [-0.4, -0.2) is 38.4 Å². The molecule has 3 aromatic rings. The number of hydrogen-bond acceptors (Lipinski definition) is 4. The van der Waals surface area contributed by atoms with Gasteiger partial charge < -0.3 is 9.30 Å². The number of rotatable bonds is 8. The van der Waals surface area contributed by atoms with Gasteiger partial charge in [-0.25, -0.2) is 9.67 Å². The summed E-state index contributed by atoms with van der Waals surface area (Å²) in [5, 5.41) is 4.47. The first-order valence-corrected chi connectivity index (χ1v) is 8.56. The molecule has 2 aromatic heterocycles. The monoisotopic (exact) mass is 339 g/mol. The Hall–Kier alpha value is -2.60. The second-order valence-corrected chi connectivity index (χ2v) is 6.20. The molecular formula is C19H25N5O. The summed E-state index contributed by atoms with van der Waals surface area (Å²) in [6.07, 6.45) is 9.01. The van der Waals surface area contributed by atoms with E-state index >= 15 is 0 Å². The normalized spacial score (nSPS) is 11.2. The van der Waals surface area contributed by atoms with Crippen molar-refractivity contribution in [3.8, 4) is 11.4 Å². The van der Waals surface area contributed by atoms with Gasteiger partial charge in [0.1, 0.15) is 11.6 Å². The average molecular weight is 339 g/mol. The molecule has 25 heavy (non-hydrogen) atoms. The first-order valence-electron chi connectivity index (χ1n) is 8.56. The number of aryl methyl sites for hydroxylation is 1. The molecule has 0 N–H and O–H groups in total. The molecule has 0 amide bonds. The summed E-state index contributed by atoms with van der Waals surface area (Å²) in [5.41, 5.74) is 2.16. The van der Waals surface area contributed by atoms with Crippen LogP contribution in [0.25, 0.3) is 5.69 Å². The van der Waals surface area contributed by atoms with Gasteiger partial charge in [0.25, 0.3) is 0 Å². The summed E-state index contributed by atoms with van der Waals surface area (Å²) in [6.45, 7) is 4.83. The lowest BCUT2D eigenvalue weighted by Gasteiger charge is -2.16. The molecule has 6 nitrogen and oxygen atoms in total. The molecule has 0 saturated carbocycles. The van der Waals surface area contributed by atoms with Crippen molar-refractivity contribution in [1.29, 1.82) is 0 Å². The van der Waals surface area contributed by atoms with Crippen molar-refractivity contribution in [1.82, 2.24) is 24.2 Å². The fourth-order valence-corrected chi connectivity index (χ4v) is 2.88. The van der Waals surface area contributed by atoms with Gasteiger partial charge in [-0.2, -0.15) is 5.10 Å². The lowest BCUT2D eigenvalue weighted by Crippen LogP contribution is -2.20. The number of aromatic nitrogens is 4. The summed E-state index contributed by atoms with van der Waals surface area (Å²) < 4.78 is 9.38. The second-order valence-electron chi connectivity index (χ2n) is 6.20. The first kappa shape index (κ1) is 17.2. The van der Waals surface area contributed by atoms with Crippen LogP contribution in [-0.2, 0) is 19.6 Å². The van der Waals surface area contributed by atoms with Gasteiger partial charge in [0.15, 0.2) is 0 Å². The molecule has 0 atom stereocenters. The van der Waals surface area contributed by atoms with Gasteiger partial charge in [0.2, 0.25) is 0 Å². The van der Waals surface area contributed by atoms with Crippen LogP contribution < -0.4 is 4.74 Å². The molecule has 0 aliphatic rings. The van der Waals surface area contributed by atoms with E-state index in [-0.39, 0.29) is 0 Å². The van der Waals surface area contributed by atoms with Crippen LogP contribution in [0.5, 0.6) is 5.75 Å². The van der Waals surface area contributed by atoms with Crippen LogP contribution in [0, 0.1) is 0 Å². The Morgan fingerprint density at radius 2 is 2.12 bits per heavy atom. The van der Waals surface area contributed by atoms with E-state index in [2.05, 4.69) is 39.7 Å². The molecule has 2 heterocycles. The van der Waals surface area contributed by atoms with Gasteiger partial charge in [-0.3, -0.25) is 4.90 Å². The third kappa shape index (κ3) is 4.28. The van der Waals surface area contributed by atoms with Gasteiger partial charge in [-0.15, -0.1) is 0 Å². The van der Waals surface area contributed by atoms with E-state index in [4.69, 9.17) is 4.74 Å². The van der Waals surface area contributed by atoms with Crippen LogP contribution >= 0.6 is 0 Å². The zero-order valence-corrected chi connectivity index (χ0v) is 15.1. The van der Waals surface area contributed by atoms with Gasteiger partial charge in [-0.1, -0.05) is 13.0 Å². The SMILES string of the molecule is CCCn1ccnc1CN(C)Cc1cnn(-c2cccc(OC)c2)c1. The maximum Gasteiger partial charge on any atom is 0.122 e. The van der Waals surface area contributed by atoms with E-state index in [0.29, 0.717) is 0 Å². The minimum Gasteiger partial charge on any atom is -0.497 e. The van der Waals surface area contributed by atoms with Gasteiger partial charge in [-0.05, 0) is 25.6 Å². The molecule has 0 bridgehead atoms. The molecular weight excluding hydrogens is 314 g/mol. The molecule has 0 aliphatic heterocycles. The van der Waals surface area contributed by atoms with Gasteiger partial charge in [0, 0.05) is 43.3 Å². The van der Waals surface area contributed by atoms with Crippen molar-refractivity contribution < 1.29 is 4.74 Å². The highest BCUT2D eigenvalue weighted by atomic mass is 16.5. The Morgan fingerprint density at radius 3 is 2.92 bits per heavy atom. The maximum atomic E-state index is 5.28. The number of imidazole rings is 1. The van der Waals surface area contributed by atoms with Crippen molar-refractivity contribution in [3.05, 3.63) is 60.4 Å². The van der Waals surface area contributed by atoms with Crippen LogP contribution in [0.2, 0.25) is 0 Å². The standard InChI is InChI=1S/C19H25N5O/c1-4-9-23-10-8-20-19(23)15-22(2)13-16-12-21-24(14-16)17-6-5-7-18(11-17)25-3/h5-8,10-12,14H,4,9,13,15H2,1-3H3. The summed E-state index contributed by atoms with van der Waals surface area (Å²) in [6, 6.07) is 7.89. The zero-order valence-electron chi connectivity index (χ0n) is 15.1. The predicted octanol–water partition coefficient (Wildman–Crippen LogP) is 3.12. The first-order chi connectivity index (χ1) is 12.2. The molecule has 132 valence electrons. The summed E-state index contributed by atoms with van der Waals surface area (Å²) >= 11 is 0. The Labute approximate surface area is 148 Å². The summed E-state index contributed by atoms with van der Waals surface area (Å²) in [4.78, 5) is 6.73. The molecule has 0 saturated heterocycles. The smallest absolute Gasteiger partial charge is 0.122 e. The fraction of sp³-hybridized carbons (Fsp3) is 0.368. The van der Waals surface area contributed by atoms with E-state index in [1.807, 2.05) is 47.5 Å². The lowest BCUT2D eigenvalue weighted by atomic mass is 10.3. The summed E-state index contributed by atoms with van der Waals surface area (Å²) in [7, 11) is 3.78. The maximum absolute atomic E-state index is 5.28. The number of benzene rings is 1. The van der Waals surface area contributed by atoms with Crippen LogP contribution in [0.4, 0.5) is 0 Å². The van der Waals surface area contributed by atoms with E-state index in [9.17, 15) is 0 Å². The number of nitrogens with zero attached hydrogens (tertiary/aromatic N) is 5. The van der Waals surface area contributed by atoms with Crippen molar-refractivity contribution in [2.45, 2.75) is 33.0 Å². The molecule has 0 radical (unpaired) electrons. The average Bonchev–Trinajstić information content (AvgIpc) is 3.25. The molecule has 0 aliphatic carbocycles. The molecule has 1 aromatic carbocycles. The van der Waals surface area contributed by atoms with Crippen molar-refractivity contribution in [3.63, 3.8) is 0 Å². The van der Waals surface area contributed by atoms with Gasteiger partial charge in [0.05, 0.1) is 25.5 Å². The third-order valence-electron chi connectivity index (χ3n) is 4.08. The Morgan fingerprint density at radius 1 is 1.24 bits per heavy atom. The lowest BCUT2D eigenvalue weighted by molar-refractivity contribution is 0.304. The second kappa shape index (κ2) is 7.98. The van der Waals surface area contributed by atoms with Crippen molar-refractivity contribution >= 4 is 0 Å². The number of ether oxygens (including phenoxy) is 1. The third-order valence-corrected chi connectivity index (χ3v) is 4.08. The van der Waals surface area contributed by atoms with Crippen LogP contribution in [0.1, 0.15) is 24.7 Å². The van der Waals surface area contributed by atoms with Crippen molar-refractivity contribution in [2.24, 2.45) is 0 Å². The Bertz CT molecular complexity index is 808. The topological polar surface area (TPSA) is 48.1 Å². The highest BCUT2D eigenvalue weighted by Crippen LogP contribution is 2.17. The van der Waals surface area contributed by atoms with E-state index in [1.165, 1.54) is 5.56 Å². The highest BCUT2D eigenvalue weighted by molar-refractivity contribution is 5.38. The molecule has 0 unspecified atom stereocenters. The van der Waals surface area contributed by atoms with E-state index < -0.39 is 0 Å². The molecule has 0 fully saturated rings. The largest absolute Gasteiger partial charge is 0.497 e. The fourth-order valence-electron chi connectivity index (χ4n) is 2.88. The van der Waals surface area contributed by atoms with Gasteiger partial charge >= 0.3 is 0 Å². The minimum atomic E-state index is 0.817. The molecule has 3 rings (SSSR count). The summed E-state index contributed by atoms with van der Waals surface area (Å²) in [5.74, 6) is 1.93. The number of hydrogen-bond donors (Lipinski definition) is 0. The van der Waals surface area contributed by atoms with Crippen LogP contribution in [0.3, 0.4) is 0 Å². The Balaban J connectivity index is 1.65. The molecule has 6 heteroatoms. The number of methoxy groups -OCH3 is 1. The quantitative estimate of drug-likeness (QED) is 0.633. The highest BCUT2D eigenvalue weighted by Gasteiger charge is 2.09. The van der Waals surface area contributed by atoms with Crippen molar-refractivity contribution in [2.75, 3.05) is 14.2 Å². The Kier molecular flexibility index (Phi) is 5.50. The predicted molar refractivity (Wildman–Crippen MR) is 97.8 cm³/mol. The van der Waals surface area contributed by atoms with Crippen LogP contribution in [0.15, 0.2) is 49.1 Å².